The third kappa shape index (κ3) is 13.7. The van der Waals surface area contributed by atoms with Crippen LogP contribution >= 0.6 is 0 Å². The largest absolute Gasteiger partial charge is 0.489 e. The first-order chi connectivity index (χ1) is 40.6. The Balaban J connectivity index is 0.000000335. The maximum Gasteiger partial charge on any atom is 0.243 e. The van der Waals surface area contributed by atoms with E-state index in [-0.39, 0.29) is 55.0 Å². The molecule has 22 nitrogen and oxygen atoms in total. The Morgan fingerprint density at radius 1 is 0.988 bits per heavy atom. The molecule has 444 valence electrons. The number of aromatic amines is 1. The van der Waals surface area contributed by atoms with Crippen LogP contribution in [-0.2, 0) is 36.4 Å². The second kappa shape index (κ2) is 28.1. The maximum absolute atomic E-state index is 15.6. The number of rotatable bonds is 21. The number of aldehydes is 1. The molecule has 0 spiro atoms. The number of anilines is 3. The van der Waals surface area contributed by atoms with Gasteiger partial charge in [-0.1, -0.05) is 26.5 Å². The first-order valence-corrected chi connectivity index (χ1v) is 29.2. The summed E-state index contributed by atoms with van der Waals surface area (Å²) in [6.45, 7) is 24.4. The summed E-state index contributed by atoms with van der Waals surface area (Å²) in [6.07, 6.45) is 12.3. The molecule has 4 aliphatic heterocycles. The zero-order chi connectivity index (χ0) is 60.2. The van der Waals surface area contributed by atoms with Crippen molar-refractivity contribution in [1.82, 2.24) is 44.8 Å². The van der Waals surface area contributed by atoms with Crippen LogP contribution in [0.4, 0.5) is 21.5 Å². The first kappa shape index (κ1) is 61.5. The number of benzene rings is 3. The van der Waals surface area contributed by atoms with E-state index < -0.39 is 22.7 Å². The average molecular weight is 1170 g/mol. The highest BCUT2D eigenvalue weighted by Crippen LogP contribution is 2.40. The highest BCUT2D eigenvalue weighted by atomic mass is 32.2. The number of aromatic nitrogens is 6. The molecular formula is C60H74FN15O7S. The molecule has 3 N–H and O–H groups in total. The van der Waals surface area contributed by atoms with Crippen molar-refractivity contribution in [2.75, 3.05) is 62.2 Å². The molecule has 2 amide bonds. The molecule has 5 unspecified atom stereocenters. The highest BCUT2D eigenvalue weighted by molar-refractivity contribution is 7.85. The van der Waals surface area contributed by atoms with E-state index in [1.807, 2.05) is 115 Å². The molecule has 3 saturated heterocycles. The minimum absolute atomic E-state index is 0.0389. The number of hydrogen-bond donors (Lipinski definition) is 3. The normalized spacial score (nSPS) is 18.3. The monoisotopic (exact) mass is 1170 g/mol. The molecule has 0 aliphatic carbocycles. The van der Waals surface area contributed by atoms with Gasteiger partial charge in [0.1, 0.15) is 42.7 Å². The zero-order valence-electron chi connectivity index (χ0n) is 49.0. The SMILES string of the molecule is C=C1C(OCC)=C(c2cnn(C(C)OCC)c2)N=CN1C.C=Nn1cnc(-c2cn[nH]c2)c(OC(C)C)/c1=N/CNc1ccc(S(=O)c2cccc(N3CCC4C3CN4c3ccc(C=O)c(CN(C)C4CCC(=O)NC4=O)c3)c2)cc1F.CC. The maximum atomic E-state index is 15.6. The van der Waals surface area contributed by atoms with Crippen molar-refractivity contribution in [2.24, 2.45) is 15.1 Å². The Morgan fingerprint density at radius 3 is 2.48 bits per heavy atom. The number of halogens is 1. The second-order valence-electron chi connectivity index (χ2n) is 20.1. The fourth-order valence-corrected chi connectivity index (χ4v) is 11.4. The van der Waals surface area contributed by atoms with E-state index in [9.17, 15) is 18.6 Å². The Labute approximate surface area is 491 Å². The molecule has 3 aromatic heterocycles. The van der Waals surface area contributed by atoms with Crippen LogP contribution in [0.3, 0.4) is 0 Å². The van der Waals surface area contributed by atoms with Crippen molar-refractivity contribution >= 4 is 64.7 Å². The van der Waals surface area contributed by atoms with Gasteiger partial charge in [0.25, 0.3) is 0 Å². The van der Waals surface area contributed by atoms with Gasteiger partial charge in [0.05, 0.1) is 71.8 Å². The lowest BCUT2D eigenvalue weighted by molar-refractivity contribution is -0.137. The smallest absolute Gasteiger partial charge is 0.243 e. The molecule has 0 saturated carbocycles. The van der Waals surface area contributed by atoms with E-state index in [2.05, 4.69) is 69.1 Å². The van der Waals surface area contributed by atoms with Crippen molar-refractivity contribution in [3.05, 3.63) is 138 Å². The Bertz CT molecular complexity index is 3510. The molecule has 0 bridgehead atoms. The summed E-state index contributed by atoms with van der Waals surface area (Å²) in [4.78, 5) is 59.0. The summed E-state index contributed by atoms with van der Waals surface area (Å²) in [5.74, 6) is -0.106. The summed E-state index contributed by atoms with van der Waals surface area (Å²) in [5.41, 5.74) is 7.45. The number of carbonyl (C=O) groups is 3. The fourth-order valence-electron chi connectivity index (χ4n) is 10.3. The van der Waals surface area contributed by atoms with Crippen molar-refractivity contribution in [3.63, 3.8) is 0 Å². The van der Waals surface area contributed by atoms with Crippen LogP contribution in [-0.4, -0.2) is 146 Å². The van der Waals surface area contributed by atoms with Gasteiger partial charge in [-0.3, -0.25) is 29.7 Å². The number of ether oxygens (including phenoxy) is 3. The van der Waals surface area contributed by atoms with Gasteiger partial charge in [0.2, 0.25) is 11.8 Å². The third-order valence-corrected chi connectivity index (χ3v) is 15.8. The Kier molecular flexibility index (Phi) is 20.6. The topological polar surface area (TPSA) is 234 Å². The summed E-state index contributed by atoms with van der Waals surface area (Å²) in [5, 5.41) is 20.5. The van der Waals surface area contributed by atoms with Gasteiger partial charge >= 0.3 is 0 Å². The molecule has 4 aliphatic rings. The van der Waals surface area contributed by atoms with E-state index >= 15 is 4.39 Å². The minimum atomic E-state index is -1.65. The number of nitrogens with zero attached hydrogens (tertiary/aromatic N) is 12. The van der Waals surface area contributed by atoms with E-state index in [0.717, 1.165) is 59.7 Å². The van der Waals surface area contributed by atoms with Gasteiger partial charge in [-0.25, -0.2) is 32.9 Å². The number of amides is 2. The van der Waals surface area contributed by atoms with Crippen LogP contribution in [0, 0.1) is 5.82 Å². The number of piperidine rings is 1. The van der Waals surface area contributed by atoms with Gasteiger partial charge < -0.3 is 34.2 Å². The number of imide groups is 1. The molecule has 5 atom stereocenters. The summed E-state index contributed by atoms with van der Waals surface area (Å²) < 4.78 is 49.9. The molecule has 10 rings (SSSR count). The number of hydrogen-bond acceptors (Lipinski definition) is 18. The van der Waals surface area contributed by atoms with Gasteiger partial charge in [0, 0.05) is 96.7 Å². The Morgan fingerprint density at radius 2 is 1.77 bits per heavy atom. The van der Waals surface area contributed by atoms with Crippen LogP contribution in [0.25, 0.3) is 17.0 Å². The lowest BCUT2D eigenvalue weighted by Crippen LogP contribution is -2.62. The summed E-state index contributed by atoms with van der Waals surface area (Å²) in [6, 6.07) is 17.9. The molecule has 3 aromatic carbocycles. The van der Waals surface area contributed by atoms with Crippen LogP contribution in [0.2, 0.25) is 0 Å². The number of likely N-dealkylation sites (N-methyl/N-ethyl adjacent to an activating group) is 2. The number of aliphatic imine (C=N–C) groups is 1. The van der Waals surface area contributed by atoms with Crippen molar-refractivity contribution in [3.8, 4) is 17.0 Å². The predicted octanol–water partition coefficient (Wildman–Crippen LogP) is 7.97. The zero-order valence-corrected chi connectivity index (χ0v) is 49.8. The summed E-state index contributed by atoms with van der Waals surface area (Å²) >= 11 is 0. The number of H-pyrrole nitrogens is 1. The molecule has 3 fully saturated rings. The highest BCUT2D eigenvalue weighted by Gasteiger charge is 2.47. The van der Waals surface area contributed by atoms with Crippen LogP contribution < -0.4 is 30.7 Å². The van der Waals surface area contributed by atoms with E-state index in [0.29, 0.717) is 69.8 Å². The lowest BCUT2D eigenvalue weighted by atomic mass is 9.94. The second-order valence-corrected chi connectivity index (χ2v) is 21.6. The van der Waals surface area contributed by atoms with E-state index in [1.54, 1.807) is 47.8 Å². The van der Waals surface area contributed by atoms with Crippen molar-refractivity contribution in [1.29, 1.82) is 0 Å². The van der Waals surface area contributed by atoms with E-state index in [1.165, 1.54) is 17.1 Å². The molecule has 6 aromatic rings. The van der Waals surface area contributed by atoms with Gasteiger partial charge in [0.15, 0.2) is 17.0 Å². The van der Waals surface area contributed by atoms with Crippen molar-refractivity contribution in [2.45, 2.75) is 115 Å². The minimum Gasteiger partial charge on any atom is -0.489 e. The third-order valence-electron chi connectivity index (χ3n) is 14.5. The van der Waals surface area contributed by atoms with Crippen LogP contribution in [0.1, 0.15) is 95.4 Å². The molecule has 84 heavy (non-hydrogen) atoms. The Hall–Kier alpha value is -8.61. The van der Waals surface area contributed by atoms with Crippen LogP contribution in [0.5, 0.6) is 5.75 Å². The molecule has 24 heteroatoms. The lowest BCUT2D eigenvalue weighted by Gasteiger charge is -2.49. The summed E-state index contributed by atoms with van der Waals surface area (Å²) in [7, 11) is 2.07. The van der Waals surface area contributed by atoms with E-state index in [4.69, 9.17) is 14.2 Å². The number of nitrogens with one attached hydrogen (secondary N) is 3. The predicted molar refractivity (Wildman–Crippen MR) is 322 cm³/mol. The van der Waals surface area contributed by atoms with Crippen molar-refractivity contribution < 1.29 is 37.2 Å². The fraction of sp³-hybridized carbons (Fsp3) is 0.383. The van der Waals surface area contributed by atoms with Gasteiger partial charge in [-0.05, 0) is 115 Å². The molecule has 0 radical (unpaired) electrons. The van der Waals surface area contributed by atoms with Gasteiger partial charge in [-0.15, -0.1) is 0 Å². The van der Waals surface area contributed by atoms with Crippen LogP contribution in [0.15, 0.2) is 135 Å². The van der Waals surface area contributed by atoms with Gasteiger partial charge in [-0.2, -0.15) is 15.3 Å². The first-order valence-electron chi connectivity index (χ1n) is 28.1. The quantitative estimate of drug-likeness (QED) is 0.0352. The number of carbonyl (C=O) groups excluding carboxylic acids is 3. The molecule has 7 heterocycles. The average Bonchev–Trinajstić information content (AvgIpc) is 3.63. The number of fused-ring (bicyclic) bond motifs is 1. The standard InChI is InChI=1S/C43H46FN11O5S.C15H22N4O2.C2H6/c1-26(2)60-41-40(29-19-49-50-20-29)48-25-55(45-3)42(41)47-24-46-35-11-10-33(18-34(35)44)61(59)32-7-5-6-30(17-32)53-15-14-36-38(53)22-54(36)31-9-8-27(23-56)28(16-31)21-52(4)37-12-13-39(57)51-43(37)58;1-6-20-12(4)19-9-13(8-17-19)14-15(21-7-2)11(3)18(5)10-16-14;1-2/h5-11,16-20,23,25-26,36-38,46H,3,12-15,21-22,24H2,1-2,4H3,(H,49,50)(H,51,57,58);8-10,12H,3,6-7H2,1-2,4-5H3;1-2H3/b47-42-;;. The molecular weight excluding hydrogens is 1090 g/mol.